The van der Waals surface area contributed by atoms with Gasteiger partial charge in [-0.3, -0.25) is 19.2 Å². The number of amides is 3. The number of unbranched alkanes of at least 4 members (excludes halogenated alkanes) is 2. The molecule has 4 rings (SSSR count). The van der Waals surface area contributed by atoms with E-state index in [0.29, 0.717) is 37.9 Å². The Morgan fingerprint density at radius 1 is 1.20 bits per heavy atom. The van der Waals surface area contributed by atoms with Gasteiger partial charge in [-0.05, 0) is 37.2 Å². The molecule has 12 heteroatoms. The number of hydrogen-bond acceptors (Lipinski definition) is 8. The van der Waals surface area contributed by atoms with E-state index in [1.165, 1.54) is 12.0 Å². The molecule has 0 saturated carbocycles. The third-order valence-electron chi connectivity index (χ3n) is 10.3. The number of nitrogens with zero attached hydrogens (tertiary/aromatic N) is 2. The molecule has 0 aliphatic carbocycles. The average molecular weight is 775 g/mol. The van der Waals surface area contributed by atoms with E-state index < -0.39 is 59.6 Å². The van der Waals surface area contributed by atoms with E-state index in [2.05, 4.69) is 41.3 Å². The van der Waals surface area contributed by atoms with Gasteiger partial charge in [0.2, 0.25) is 17.7 Å². The highest BCUT2D eigenvalue weighted by Crippen LogP contribution is 2.61. The van der Waals surface area contributed by atoms with Crippen LogP contribution in [0.2, 0.25) is 0 Å². The summed E-state index contributed by atoms with van der Waals surface area (Å²) in [5.74, 6) is -3.53. The lowest BCUT2D eigenvalue weighted by Crippen LogP contribution is -2.59. The third kappa shape index (κ3) is 8.77. The number of halogens is 1. The first-order chi connectivity index (χ1) is 24.5. The Morgan fingerprint density at radius 2 is 1.92 bits per heavy atom. The van der Waals surface area contributed by atoms with Crippen LogP contribution < -0.4 is 5.32 Å². The number of rotatable bonds is 21. The molecule has 3 saturated heterocycles. The Bertz CT molecular complexity index is 1380. The fraction of sp³-hybridized carbons (Fsp3) is 0.641. The average Bonchev–Trinajstić information content (AvgIpc) is 3.71. The summed E-state index contributed by atoms with van der Waals surface area (Å²) in [7, 11) is 1.51. The highest BCUT2D eigenvalue weighted by molar-refractivity contribution is 9.09. The lowest BCUT2D eigenvalue weighted by atomic mass is 9.70. The molecule has 3 fully saturated rings. The van der Waals surface area contributed by atoms with Crippen molar-refractivity contribution in [1.82, 2.24) is 15.1 Å². The summed E-state index contributed by atoms with van der Waals surface area (Å²) in [5, 5.41) is 13.6. The Morgan fingerprint density at radius 3 is 2.53 bits per heavy atom. The van der Waals surface area contributed by atoms with Gasteiger partial charge in [0.25, 0.3) is 0 Å². The molecule has 3 heterocycles. The number of aliphatic hydroxyl groups excluding tert-OH is 1. The van der Waals surface area contributed by atoms with Crippen LogP contribution in [0.25, 0.3) is 0 Å². The van der Waals surface area contributed by atoms with Gasteiger partial charge >= 0.3 is 5.97 Å². The quantitative estimate of drug-likeness (QED) is 0.0794. The predicted molar refractivity (Wildman–Crippen MR) is 198 cm³/mol. The number of hydrogen-bond donors (Lipinski definition) is 2. The number of aliphatic hydroxyl groups is 1. The Hall–Kier alpha value is -3.06. The third-order valence-corrected chi connectivity index (χ3v) is 11.1. The summed E-state index contributed by atoms with van der Waals surface area (Å²) in [5.41, 5.74) is -0.679. The van der Waals surface area contributed by atoms with Crippen molar-refractivity contribution in [3.63, 3.8) is 0 Å². The largest absolute Gasteiger partial charge is 0.455 e. The second-order valence-electron chi connectivity index (χ2n) is 14.4. The van der Waals surface area contributed by atoms with Crippen molar-refractivity contribution in [2.24, 2.45) is 17.8 Å². The molecule has 1 aromatic rings. The maximum atomic E-state index is 14.8. The molecule has 2 N–H and O–H groups in total. The van der Waals surface area contributed by atoms with E-state index in [4.69, 9.17) is 14.2 Å². The first-order valence-electron chi connectivity index (χ1n) is 18.3. The van der Waals surface area contributed by atoms with Crippen LogP contribution in [0.15, 0.2) is 55.6 Å². The molecule has 1 spiro atoms. The summed E-state index contributed by atoms with van der Waals surface area (Å²) in [4.78, 5) is 59.9. The Balaban J connectivity index is 1.76. The number of esters is 1. The second-order valence-corrected chi connectivity index (χ2v) is 15.6. The maximum absolute atomic E-state index is 14.8. The van der Waals surface area contributed by atoms with Gasteiger partial charge < -0.3 is 34.4 Å². The number of carbonyl (C=O) groups excluding carboxylic acids is 4. The topological polar surface area (TPSA) is 135 Å². The second kappa shape index (κ2) is 18.6. The SMILES string of the molecule is C=CCCC(=O)N[C@@H](COC)[C@@H](OC(=O)[C@H]1[C@@H]2O[C@@]3(CC2Br)[C@@H]1C(=O)N([C@@H](CO)CC(C)C)[C@@H]3C(=O)N(CC=C)CCCCC)c1ccccc1. The van der Waals surface area contributed by atoms with Gasteiger partial charge in [0.1, 0.15) is 17.7 Å². The number of fused-ring (bicyclic) bond motifs is 1. The van der Waals surface area contributed by atoms with Crippen LogP contribution in [0.5, 0.6) is 0 Å². The van der Waals surface area contributed by atoms with Crippen LogP contribution in [0, 0.1) is 17.8 Å². The summed E-state index contributed by atoms with van der Waals surface area (Å²) in [6, 6.07) is 6.65. The normalized spacial score (nSPS) is 26.8. The van der Waals surface area contributed by atoms with Crippen molar-refractivity contribution in [2.75, 3.05) is 33.4 Å². The van der Waals surface area contributed by atoms with Gasteiger partial charge in [0.05, 0.1) is 43.2 Å². The number of nitrogens with one attached hydrogen (secondary N) is 1. The number of alkyl halides is 1. The molecule has 2 bridgehead atoms. The number of benzene rings is 1. The Kier molecular flexibility index (Phi) is 14.9. The molecule has 282 valence electrons. The van der Waals surface area contributed by atoms with E-state index in [1.807, 2.05) is 44.2 Å². The van der Waals surface area contributed by atoms with Crippen LogP contribution in [0.4, 0.5) is 0 Å². The van der Waals surface area contributed by atoms with Crippen molar-refractivity contribution >= 4 is 39.6 Å². The summed E-state index contributed by atoms with van der Waals surface area (Å²) in [6.45, 7) is 14.2. The van der Waals surface area contributed by atoms with Crippen LogP contribution in [-0.2, 0) is 33.4 Å². The molecule has 11 nitrogen and oxygen atoms in total. The molecule has 51 heavy (non-hydrogen) atoms. The van der Waals surface area contributed by atoms with Gasteiger partial charge in [0.15, 0.2) is 0 Å². The minimum Gasteiger partial charge on any atom is -0.455 e. The first kappa shape index (κ1) is 40.7. The molecule has 3 amide bonds. The van der Waals surface area contributed by atoms with Gasteiger partial charge in [-0.1, -0.05) is 92.0 Å². The van der Waals surface area contributed by atoms with Crippen LogP contribution in [-0.4, -0.2) is 107 Å². The molecule has 3 aliphatic heterocycles. The van der Waals surface area contributed by atoms with Gasteiger partial charge in [0, 0.05) is 31.4 Å². The minimum absolute atomic E-state index is 0.0551. The summed E-state index contributed by atoms with van der Waals surface area (Å²) in [6.07, 6.45) is 5.81. The lowest BCUT2D eigenvalue weighted by Gasteiger charge is -2.40. The summed E-state index contributed by atoms with van der Waals surface area (Å²) < 4.78 is 18.6. The standard InChI is InChI=1S/C39H56BrN3O8/c1-7-10-15-20-42(19-9-3)37(47)35-39-22-28(40)34(51-39)31(32(39)36(46)43(35)27(23-44)21-25(4)5)38(48)50-33(26-16-13-12-14-17-26)29(24-49-6)41-30(45)18-11-8-2/h8-9,12-14,16-17,25,27-29,31-35,44H,2-3,7,10-11,15,18-24H2,1,4-6H3,(H,41,45)/t27-,28?,29+,31-,32+,33+,34-,35-,39+/m1/s1. The fourth-order valence-electron chi connectivity index (χ4n) is 8.13. The molecule has 0 aromatic heterocycles. The number of methoxy groups -OCH3 is 1. The monoisotopic (exact) mass is 773 g/mol. The van der Waals surface area contributed by atoms with E-state index in [0.717, 1.165) is 19.3 Å². The zero-order valence-corrected chi connectivity index (χ0v) is 32.1. The molecular formula is C39H56BrN3O8. The van der Waals surface area contributed by atoms with Crippen LogP contribution in [0.1, 0.15) is 77.4 Å². The number of carbonyl (C=O) groups is 4. The van der Waals surface area contributed by atoms with Crippen molar-refractivity contribution < 1.29 is 38.5 Å². The van der Waals surface area contributed by atoms with E-state index in [1.54, 1.807) is 17.1 Å². The highest BCUT2D eigenvalue weighted by Gasteiger charge is 2.77. The number of likely N-dealkylation sites (tertiary alicyclic amines) is 1. The predicted octanol–water partition coefficient (Wildman–Crippen LogP) is 4.73. The molecule has 3 aliphatic rings. The molecule has 1 unspecified atom stereocenters. The van der Waals surface area contributed by atoms with Crippen LogP contribution in [0.3, 0.4) is 0 Å². The first-order valence-corrected chi connectivity index (χ1v) is 19.2. The van der Waals surface area contributed by atoms with Crippen molar-refractivity contribution in [2.45, 2.75) is 106 Å². The Labute approximate surface area is 311 Å². The smallest absolute Gasteiger partial charge is 0.313 e. The lowest BCUT2D eigenvalue weighted by molar-refractivity contribution is -0.163. The van der Waals surface area contributed by atoms with Crippen molar-refractivity contribution in [1.29, 1.82) is 0 Å². The molecule has 0 radical (unpaired) electrons. The molecule has 1 aromatic carbocycles. The zero-order valence-electron chi connectivity index (χ0n) is 30.5. The van der Waals surface area contributed by atoms with Crippen LogP contribution >= 0.6 is 15.9 Å². The zero-order chi connectivity index (χ0) is 37.3. The minimum atomic E-state index is -1.32. The van der Waals surface area contributed by atoms with Crippen molar-refractivity contribution in [3.05, 3.63) is 61.2 Å². The summed E-state index contributed by atoms with van der Waals surface area (Å²) >= 11 is 3.75. The fourth-order valence-corrected chi connectivity index (χ4v) is 9.07. The number of allylic oxidation sites excluding steroid dienone is 1. The van der Waals surface area contributed by atoms with Gasteiger partial charge in [-0.25, -0.2) is 0 Å². The van der Waals surface area contributed by atoms with E-state index in [-0.39, 0.29) is 42.2 Å². The van der Waals surface area contributed by atoms with E-state index >= 15 is 0 Å². The number of ether oxygens (including phenoxy) is 3. The maximum Gasteiger partial charge on any atom is 0.313 e. The molecular weight excluding hydrogens is 718 g/mol. The molecule has 9 atom stereocenters. The van der Waals surface area contributed by atoms with Gasteiger partial charge in [-0.2, -0.15) is 0 Å². The van der Waals surface area contributed by atoms with Crippen molar-refractivity contribution in [3.8, 4) is 0 Å². The highest BCUT2D eigenvalue weighted by atomic mass is 79.9. The van der Waals surface area contributed by atoms with E-state index in [9.17, 15) is 24.3 Å². The van der Waals surface area contributed by atoms with Gasteiger partial charge in [-0.15, -0.1) is 13.2 Å².